The van der Waals surface area contributed by atoms with Gasteiger partial charge in [-0.15, -0.1) is 11.3 Å². The van der Waals surface area contributed by atoms with Crippen LogP contribution in [0.15, 0.2) is 34.2 Å². The minimum Gasteiger partial charge on any atom is -0.486 e. The van der Waals surface area contributed by atoms with E-state index in [1.54, 1.807) is 17.4 Å². The third kappa shape index (κ3) is 3.28. The molecular formula is C11H8BrNO3S. The summed E-state index contributed by atoms with van der Waals surface area (Å²) in [5.74, 6) is -0.488. The third-order valence-electron chi connectivity index (χ3n) is 1.97. The summed E-state index contributed by atoms with van der Waals surface area (Å²) in [5, 5.41) is 8.68. The number of halogens is 1. The zero-order valence-corrected chi connectivity index (χ0v) is 11.0. The predicted molar refractivity (Wildman–Crippen MR) is 67.5 cm³/mol. The van der Waals surface area contributed by atoms with Crippen LogP contribution in [0, 0.1) is 0 Å². The molecule has 0 saturated heterocycles. The van der Waals surface area contributed by atoms with Crippen LogP contribution in [0.3, 0.4) is 0 Å². The summed E-state index contributed by atoms with van der Waals surface area (Å²) in [6, 6.07) is 6.93. The van der Waals surface area contributed by atoms with Gasteiger partial charge in [0, 0.05) is 4.88 Å². The van der Waals surface area contributed by atoms with Gasteiger partial charge < -0.3 is 9.84 Å². The van der Waals surface area contributed by atoms with Crippen molar-refractivity contribution in [2.24, 2.45) is 0 Å². The average Bonchev–Trinajstić information content (AvgIpc) is 2.73. The van der Waals surface area contributed by atoms with Gasteiger partial charge in [0.2, 0.25) is 0 Å². The highest BCUT2D eigenvalue weighted by molar-refractivity contribution is 9.11. The number of carbonyl (C=O) groups is 1. The van der Waals surface area contributed by atoms with Crippen LogP contribution in [0.5, 0.6) is 5.75 Å². The van der Waals surface area contributed by atoms with E-state index in [1.165, 1.54) is 12.3 Å². The molecule has 0 aromatic carbocycles. The first-order valence-corrected chi connectivity index (χ1v) is 6.32. The van der Waals surface area contributed by atoms with Crippen molar-refractivity contribution in [3.63, 3.8) is 0 Å². The lowest BCUT2D eigenvalue weighted by Gasteiger charge is -2.03. The maximum absolute atomic E-state index is 10.6. The Kier molecular flexibility index (Phi) is 3.75. The second-order valence-electron chi connectivity index (χ2n) is 3.18. The molecule has 0 unspecified atom stereocenters. The maximum Gasteiger partial charge on any atom is 0.354 e. The van der Waals surface area contributed by atoms with Gasteiger partial charge in [-0.1, -0.05) is 0 Å². The molecule has 6 heteroatoms. The zero-order chi connectivity index (χ0) is 12.3. The number of aromatic nitrogens is 1. The lowest BCUT2D eigenvalue weighted by molar-refractivity contribution is 0.0690. The number of hydrogen-bond donors (Lipinski definition) is 1. The molecule has 88 valence electrons. The number of nitrogens with zero attached hydrogens (tertiary/aromatic N) is 1. The van der Waals surface area contributed by atoms with Gasteiger partial charge in [0.25, 0.3) is 0 Å². The van der Waals surface area contributed by atoms with Crippen LogP contribution >= 0.6 is 27.3 Å². The van der Waals surface area contributed by atoms with E-state index in [2.05, 4.69) is 20.9 Å². The van der Waals surface area contributed by atoms with Crippen molar-refractivity contribution in [3.05, 3.63) is 44.8 Å². The van der Waals surface area contributed by atoms with Crippen LogP contribution in [0.4, 0.5) is 0 Å². The van der Waals surface area contributed by atoms with Crippen molar-refractivity contribution in [2.75, 3.05) is 0 Å². The highest BCUT2D eigenvalue weighted by Gasteiger charge is 2.04. The van der Waals surface area contributed by atoms with Crippen LogP contribution in [-0.4, -0.2) is 16.1 Å². The van der Waals surface area contributed by atoms with E-state index in [1.807, 2.05) is 12.1 Å². The number of ether oxygens (including phenoxy) is 1. The van der Waals surface area contributed by atoms with E-state index in [-0.39, 0.29) is 5.69 Å². The highest BCUT2D eigenvalue weighted by atomic mass is 79.9. The molecule has 0 radical (unpaired) electrons. The number of pyridine rings is 1. The minimum atomic E-state index is -1.04. The molecule has 0 aliphatic heterocycles. The summed E-state index contributed by atoms with van der Waals surface area (Å²) < 4.78 is 6.53. The van der Waals surface area contributed by atoms with E-state index in [0.717, 1.165) is 8.66 Å². The molecule has 4 nitrogen and oxygen atoms in total. The van der Waals surface area contributed by atoms with Gasteiger partial charge in [-0.05, 0) is 40.2 Å². The SMILES string of the molecule is O=C(O)c1ccc(OCc2ccc(Br)s2)cn1. The monoisotopic (exact) mass is 313 g/mol. The van der Waals surface area contributed by atoms with Crippen molar-refractivity contribution in [1.82, 2.24) is 4.98 Å². The van der Waals surface area contributed by atoms with E-state index in [9.17, 15) is 4.79 Å². The van der Waals surface area contributed by atoms with E-state index in [0.29, 0.717) is 12.4 Å². The topological polar surface area (TPSA) is 59.4 Å². The Hall–Kier alpha value is -1.40. The van der Waals surface area contributed by atoms with Crippen LogP contribution in [0.1, 0.15) is 15.4 Å². The Labute approximate surface area is 110 Å². The minimum absolute atomic E-state index is 0.0104. The van der Waals surface area contributed by atoms with Gasteiger partial charge in [0.1, 0.15) is 18.1 Å². The van der Waals surface area contributed by atoms with Crippen molar-refractivity contribution in [3.8, 4) is 5.75 Å². The number of rotatable bonds is 4. The summed E-state index contributed by atoms with van der Waals surface area (Å²) in [5.41, 5.74) is 0.0104. The second kappa shape index (κ2) is 5.29. The van der Waals surface area contributed by atoms with Crippen molar-refractivity contribution >= 4 is 33.2 Å². The molecule has 0 aliphatic rings. The van der Waals surface area contributed by atoms with Crippen LogP contribution in [0.2, 0.25) is 0 Å². The molecule has 0 spiro atoms. The van der Waals surface area contributed by atoms with Gasteiger partial charge in [0.15, 0.2) is 0 Å². The molecule has 0 atom stereocenters. The van der Waals surface area contributed by atoms with E-state index < -0.39 is 5.97 Å². The Morgan fingerprint density at radius 2 is 2.24 bits per heavy atom. The summed E-state index contributed by atoms with van der Waals surface area (Å²) in [7, 11) is 0. The fourth-order valence-electron chi connectivity index (χ4n) is 1.18. The summed E-state index contributed by atoms with van der Waals surface area (Å²) in [4.78, 5) is 15.4. The van der Waals surface area contributed by atoms with Crippen molar-refractivity contribution in [2.45, 2.75) is 6.61 Å². The molecule has 0 amide bonds. The molecule has 2 heterocycles. The molecule has 1 N–H and O–H groups in total. The molecule has 0 bridgehead atoms. The van der Waals surface area contributed by atoms with Crippen LogP contribution in [-0.2, 0) is 6.61 Å². The van der Waals surface area contributed by atoms with Gasteiger partial charge in [-0.3, -0.25) is 0 Å². The van der Waals surface area contributed by atoms with Crippen molar-refractivity contribution in [1.29, 1.82) is 0 Å². The molecule has 17 heavy (non-hydrogen) atoms. The van der Waals surface area contributed by atoms with Crippen LogP contribution in [0.25, 0.3) is 0 Å². The third-order valence-corrected chi connectivity index (χ3v) is 3.56. The quantitative estimate of drug-likeness (QED) is 0.941. The number of aromatic carboxylic acids is 1. The fourth-order valence-corrected chi connectivity index (χ4v) is 2.57. The van der Waals surface area contributed by atoms with Gasteiger partial charge in [0.05, 0.1) is 9.98 Å². The first-order valence-electron chi connectivity index (χ1n) is 4.71. The number of thiophene rings is 1. The molecule has 0 aliphatic carbocycles. The summed E-state index contributed by atoms with van der Waals surface area (Å²) >= 11 is 4.96. The zero-order valence-electron chi connectivity index (χ0n) is 8.59. The summed E-state index contributed by atoms with van der Waals surface area (Å²) in [6.07, 6.45) is 1.41. The Morgan fingerprint density at radius 3 is 2.76 bits per heavy atom. The van der Waals surface area contributed by atoms with Gasteiger partial charge in [-0.2, -0.15) is 0 Å². The van der Waals surface area contributed by atoms with E-state index >= 15 is 0 Å². The standard InChI is InChI=1S/C11H8BrNO3S/c12-10-4-2-8(17-10)6-16-7-1-3-9(11(14)15)13-5-7/h1-5H,6H2,(H,14,15). The Morgan fingerprint density at radius 1 is 1.41 bits per heavy atom. The van der Waals surface area contributed by atoms with Crippen LogP contribution < -0.4 is 4.74 Å². The van der Waals surface area contributed by atoms with E-state index in [4.69, 9.17) is 9.84 Å². The second-order valence-corrected chi connectivity index (χ2v) is 5.73. The number of hydrogen-bond acceptors (Lipinski definition) is 4. The summed E-state index contributed by atoms with van der Waals surface area (Å²) in [6.45, 7) is 0.449. The Balaban J connectivity index is 1.97. The molecule has 0 fully saturated rings. The lowest BCUT2D eigenvalue weighted by Crippen LogP contribution is -2.00. The largest absolute Gasteiger partial charge is 0.486 e. The highest BCUT2D eigenvalue weighted by Crippen LogP contribution is 2.23. The number of carboxylic acid groups (broad SMARTS) is 1. The molecular weight excluding hydrogens is 306 g/mol. The molecule has 2 rings (SSSR count). The average molecular weight is 314 g/mol. The lowest BCUT2D eigenvalue weighted by atomic mass is 10.3. The van der Waals surface area contributed by atoms with Gasteiger partial charge in [-0.25, -0.2) is 9.78 Å². The smallest absolute Gasteiger partial charge is 0.354 e. The normalized spacial score (nSPS) is 10.2. The first-order chi connectivity index (χ1) is 8.15. The Bertz CT molecular complexity index is 524. The molecule has 0 saturated carbocycles. The molecule has 2 aromatic rings. The fraction of sp³-hybridized carbons (Fsp3) is 0.0909. The van der Waals surface area contributed by atoms with Gasteiger partial charge >= 0.3 is 5.97 Å². The van der Waals surface area contributed by atoms with Crippen molar-refractivity contribution < 1.29 is 14.6 Å². The predicted octanol–water partition coefficient (Wildman–Crippen LogP) is 3.18. The first kappa shape index (κ1) is 12.1. The maximum atomic E-state index is 10.6. The number of carboxylic acids is 1. The molecule has 2 aromatic heterocycles.